The molecule has 2 rings (SSSR count). The molecule has 2 aromatic rings. The maximum Gasteiger partial charge on any atom is 0.146 e. The second kappa shape index (κ2) is 5.65. The van der Waals surface area contributed by atoms with Gasteiger partial charge < -0.3 is 4.90 Å². The Bertz CT molecular complexity index is 498. The Labute approximate surface area is 113 Å². The Balaban J connectivity index is 2.20. The van der Waals surface area contributed by atoms with E-state index in [1.54, 1.807) is 17.4 Å². The highest BCUT2D eigenvalue weighted by Crippen LogP contribution is 2.26. The SMILES string of the molecule is CCN(Cc1ccc(Br)s1)c1ccccc1F. The first kappa shape index (κ1) is 12.6. The molecule has 0 unspecified atom stereocenters. The Hall–Kier alpha value is -0.870. The maximum atomic E-state index is 13.7. The lowest BCUT2D eigenvalue weighted by Crippen LogP contribution is -2.22. The van der Waals surface area contributed by atoms with Gasteiger partial charge in [-0.15, -0.1) is 11.3 Å². The van der Waals surface area contributed by atoms with Crippen LogP contribution >= 0.6 is 27.3 Å². The molecule has 1 nitrogen and oxygen atoms in total. The minimum Gasteiger partial charge on any atom is -0.364 e. The lowest BCUT2D eigenvalue weighted by atomic mass is 10.2. The lowest BCUT2D eigenvalue weighted by molar-refractivity contribution is 0.618. The summed E-state index contributed by atoms with van der Waals surface area (Å²) in [7, 11) is 0. The van der Waals surface area contributed by atoms with Crippen LogP contribution in [0.25, 0.3) is 0 Å². The first-order chi connectivity index (χ1) is 8.20. The Morgan fingerprint density at radius 1 is 1.24 bits per heavy atom. The lowest BCUT2D eigenvalue weighted by Gasteiger charge is -2.22. The third-order valence-electron chi connectivity index (χ3n) is 2.55. The van der Waals surface area contributed by atoms with Gasteiger partial charge in [-0.25, -0.2) is 4.39 Å². The molecule has 0 bridgehead atoms. The Morgan fingerprint density at radius 3 is 2.59 bits per heavy atom. The molecule has 0 amide bonds. The fourth-order valence-electron chi connectivity index (χ4n) is 1.70. The zero-order chi connectivity index (χ0) is 12.3. The van der Waals surface area contributed by atoms with Crippen LogP contribution in [0.2, 0.25) is 0 Å². The molecule has 1 heterocycles. The van der Waals surface area contributed by atoms with Gasteiger partial charge in [0.05, 0.1) is 16.0 Å². The van der Waals surface area contributed by atoms with Crippen molar-refractivity contribution in [3.63, 3.8) is 0 Å². The summed E-state index contributed by atoms with van der Waals surface area (Å²) in [4.78, 5) is 3.26. The van der Waals surface area contributed by atoms with Crippen molar-refractivity contribution in [2.75, 3.05) is 11.4 Å². The molecule has 1 aromatic heterocycles. The van der Waals surface area contributed by atoms with Crippen LogP contribution in [0.4, 0.5) is 10.1 Å². The molecule has 0 fully saturated rings. The Kier molecular flexibility index (Phi) is 4.18. The van der Waals surface area contributed by atoms with Crippen molar-refractivity contribution in [2.45, 2.75) is 13.5 Å². The number of para-hydroxylation sites is 1. The van der Waals surface area contributed by atoms with Crippen LogP contribution in [-0.4, -0.2) is 6.54 Å². The quantitative estimate of drug-likeness (QED) is 0.792. The number of hydrogen-bond acceptors (Lipinski definition) is 2. The summed E-state index contributed by atoms with van der Waals surface area (Å²) in [5.41, 5.74) is 0.666. The molecule has 0 N–H and O–H groups in total. The van der Waals surface area contributed by atoms with Crippen LogP contribution in [-0.2, 0) is 6.54 Å². The molecule has 0 aliphatic rings. The molecule has 0 spiro atoms. The summed E-state index contributed by atoms with van der Waals surface area (Å²) in [6.07, 6.45) is 0. The van der Waals surface area contributed by atoms with E-state index in [-0.39, 0.29) is 5.82 Å². The average Bonchev–Trinajstić information content (AvgIpc) is 2.73. The zero-order valence-corrected chi connectivity index (χ0v) is 11.9. The van der Waals surface area contributed by atoms with Crippen molar-refractivity contribution in [3.8, 4) is 0 Å². The molecule has 0 aliphatic heterocycles. The van der Waals surface area contributed by atoms with E-state index in [2.05, 4.69) is 22.0 Å². The van der Waals surface area contributed by atoms with Crippen LogP contribution in [0.15, 0.2) is 40.2 Å². The first-order valence-corrected chi connectivity index (χ1v) is 7.05. The summed E-state index contributed by atoms with van der Waals surface area (Å²) < 4.78 is 14.8. The van der Waals surface area contributed by atoms with Crippen molar-refractivity contribution in [3.05, 3.63) is 50.9 Å². The van der Waals surface area contributed by atoms with E-state index in [4.69, 9.17) is 0 Å². The number of halogens is 2. The van der Waals surface area contributed by atoms with E-state index in [9.17, 15) is 4.39 Å². The third-order valence-corrected chi connectivity index (χ3v) is 4.16. The summed E-state index contributed by atoms with van der Waals surface area (Å²) in [6, 6.07) is 11.0. The van der Waals surface area contributed by atoms with Gasteiger partial charge in [-0.1, -0.05) is 12.1 Å². The van der Waals surface area contributed by atoms with E-state index in [1.165, 1.54) is 10.9 Å². The first-order valence-electron chi connectivity index (χ1n) is 5.44. The van der Waals surface area contributed by atoms with Crippen LogP contribution < -0.4 is 4.90 Å². The largest absolute Gasteiger partial charge is 0.364 e. The van der Waals surface area contributed by atoms with Gasteiger partial charge >= 0.3 is 0 Å². The minimum atomic E-state index is -0.162. The van der Waals surface area contributed by atoms with E-state index >= 15 is 0 Å². The second-order valence-electron chi connectivity index (χ2n) is 3.67. The highest BCUT2D eigenvalue weighted by atomic mass is 79.9. The van der Waals surface area contributed by atoms with Crippen molar-refractivity contribution < 1.29 is 4.39 Å². The normalized spacial score (nSPS) is 10.5. The van der Waals surface area contributed by atoms with Gasteiger partial charge in [0, 0.05) is 11.4 Å². The van der Waals surface area contributed by atoms with Gasteiger partial charge in [-0.3, -0.25) is 0 Å². The predicted molar refractivity (Wildman–Crippen MR) is 75.1 cm³/mol. The van der Waals surface area contributed by atoms with Gasteiger partial charge in [0.15, 0.2) is 0 Å². The third kappa shape index (κ3) is 3.07. The van der Waals surface area contributed by atoms with Crippen LogP contribution in [0.5, 0.6) is 0 Å². The molecule has 90 valence electrons. The predicted octanol–water partition coefficient (Wildman–Crippen LogP) is 4.68. The molecule has 0 aliphatic carbocycles. The highest BCUT2D eigenvalue weighted by Gasteiger charge is 2.10. The van der Waals surface area contributed by atoms with Gasteiger partial charge in [-0.2, -0.15) is 0 Å². The van der Waals surface area contributed by atoms with Gasteiger partial charge in [-0.05, 0) is 47.1 Å². The van der Waals surface area contributed by atoms with Crippen molar-refractivity contribution in [1.82, 2.24) is 0 Å². The summed E-state index contributed by atoms with van der Waals surface area (Å²) >= 11 is 5.13. The maximum absolute atomic E-state index is 13.7. The number of anilines is 1. The van der Waals surface area contributed by atoms with E-state index in [0.717, 1.165) is 16.9 Å². The molecule has 0 atom stereocenters. The summed E-state index contributed by atoms with van der Waals surface area (Å²) in [6.45, 7) is 3.57. The van der Waals surface area contributed by atoms with Crippen LogP contribution in [0.1, 0.15) is 11.8 Å². The fraction of sp³-hybridized carbons (Fsp3) is 0.231. The molecular weight excluding hydrogens is 301 g/mol. The van der Waals surface area contributed by atoms with Crippen LogP contribution in [0, 0.1) is 5.82 Å². The topological polar surface area (TPSA) is 3.24 Å². The van der Waals surface area contributed by atoms with Gasteiger partial charge in [0.25, 0.3) is 0 Å². The van der Waals surface area contributed by atoms with Crippen molar-refractivity contribution >= 4 is 33.0 Å². The monoisotopic (exact) mass is 313 g/mol. The number of nitrogens with zero attached hydrogens (tertiary/aromatic N) is 1. The summed E-state index contributed by atoms with van der Waals surface area (Å²) in [5, 5.41) is 0. The van der Waals surface area contributed by atoms with Gasteiger partial charge in [0.2, 0.25) is 0 Å². The Morgan fingerprint density at radius 2 is 2.00 bits per heavy atom. The molecular formula is C13H13BrFNS. The van der Waals surface area contributed by atoms with E-state index in [1.807, 2.05) is 30.0 Å². The minimum absolute atomic E-state index is 0.162. The fourth-order valence-corrected chi connectivity index (χ4v) is 3.20. The number of thiophene rings is 1. The zero-order valence-electron chi connectivity index (χ0n) is 9.49. The molecule has 0 radical (unpaired) electrons. The number of hydrogen-bond donors (Lipinski definition) is 0. The number of rotatable bonds is 4. The molecule has 1 aromatic carbocycles. The number of benzene rings is 1. The highest BCUT2D eigenvalue weighted by molar-refractivity contribution is 9.11. The van der Waals surface area contributed by atoms with Crippen molar-refractivity contribution in [2.24, 2.45) is 0 Å². The molecule has 0 saturated heterocycles. The van der Waals surface area contributed by atoms with Gasteiger partial charge in [0.1, 0.15) is 5.82 Å². The molecule has 4 heteroatoms. The molecule has 17 heavy (non-hydrogen) atoms. The van der Waals surface area contributed by atoms with E-state index in [0.29, 0.717) is 5.69 Å². The van der Waals surface area contributed by atoms with E-state index < -0.39 is 0 Å². The molecule has 0 saturated carbocycles. The van der Waals surface area contributed by atoms with Crippen molar-refractivity contribution in [1.29, 1.82) is 0 Å². The standard InChI is InChI=1S/C13H13BrFNS/c1-2-16(9-10-7-8-13(14)17-10)12-6-4-3-5-11(12)15/h3-8H,2,9H2,1H3. The summed E-state index contributed by atoms with van der Waals surface area (Å²) in [5.74, 6) is -0.162. The smallest absolute Gasteiger partial charge is 0.146 e. The second-order valence-corrected chi connectivity index (χ2v) is 6.22. The van der Waals surface area contributed by atoms with Crippen LogP contribution in [0.3, 0.4) is 0 Å². The average molecular weight is 314 g/mol.